The number of benzene rings is 3. The van der Waals surface area contributed by atoms with Gasteiger partial charge in [0.2, 0.25) is 5.91 Å². The third-order valence-corrected chi connectivity index (χ3v) is 4.63. The van der Waals surface area contributed by atoms with Gasteiger partial charge in [-0.05, 0) is 36.8 Å². The first-order chi connectivity index (χ1) is 14.6. The Labute approximate surface area is 176 Å². The predicted molar refractivity (Wildman–Crippen MR) is 119 cm³/mol. The molecule has 5 nitrogen and oxygen atoms in total. The summed E-state index contributed by atoms with van der Waals surface area (Å²) in [4.78, 5) is 25.2. The number of para-hydroxylation sites is 2. The average molecular weight is 400 g/mol. The van der Waals surface area contributed by atoms with Gasteiger partial charge < -0.3 is 15.4 Å². The lowest BCUT2D eigenvalue weighted by atomic mass is 10.1. The monoisotopic (exact) mass is 400 g/mol. The molecule has 1 unspecified atom stereocenters. The summed E-state index contributed by atoms with van der Waals surface area (Å²) < 4.78 is 5.28. The Morgan fingerprint density at radius 3 is 2.33 bits per heavy atom. The lowest BCUT2D eigenvalue weighted by Gasteiger charge is -2.16. The Morgan fingerprint density at radius 1 is 0.900 bits per heavy atom. The van der Waals surface area contributed by atoms with E-state index < -0.39 is 0 Å². The van der Waals surface area contributed by atoms with E-state index in [0.717, 1.165) is 11.1 Å². The Kier molecular flexibility index (Phi) is 7.00. The first-order valence-electron chi connectivity index (χ1n) is 9.65. The lowest BCUT2D eigenvalue weighted by molar-refractivity contribution is -0.111. The minimum absolute atomic E-state index is 0.159. The highest BCUT2D eigenvalue weighted by Gasteiger charge is 2.15. The first-order valence-corrected chi connectivity index (χ1v) is 9.65. The van der Waals surface area contributed by atoms with Crippen LogP contribution >= 0.6 is 0 Å². The van der Waals surface area contributed by atoms with Crippen molar-refractivity contribution in [1.29, 1.82) is 0 Å². The largest absolute Gasteiger partial charge is 0.496 e. The topological polar surface area (TPSA) is 67.4 Å². The highest BCUT2D eigenvalue weighted by Crippen LogP contribution is 2.20. The van der Waals surface area contributed by atoms with Crippen LogP contribution in [-0.2, 0) is 4.79 Å². The molecule has 3 aromatic rings. The van der Waals surface area contributed by atoms with Crippen molar-refractivity contribution in [2.24, 2.45) is 0 Å². The first kappa shape index (κ1) is 20.9. The van der Waals surface area contributed by atoms with Crippen LogP contribution in [0.1, 0.15) is 34.5 Å². The van der Waals surface area contributed by atoms with Crippen molar-refractivity contribution in [3.05, 3.63) is 102 Å². The van der Waals surface area contributed by atoms with Crippen LogP contribution in [0.4, 0.5) is 5.69 Å². The molecule has 152 valence electrons. The second kappa shape index (κ2) is 10.1. The molecule has 2 amide bonds. The lowest BCUT2D eigenvalue weighted by Crippen LogP contribution is -2.27. The quantitative estimate of drug-likeness (QED) is 0.558. The number of carbonyl (C=O) groups excluding carboxylic acids is 2. The van der Waals surface area contributed by atoms with Gasteiger partial charge in [-0.2, -0.15) is 0 Å². The maximum absolute atomic E-state index is 12.8. The predicted octanol–water partition coefficient (Wildman–Crippen LogP) is 4.84. The van der Waals surface area contributed by atoms with Crippen LogP contribution in [0, 0.1) is 0 Å². The van der Waals surface area contributed by atoms with Gasteiger partial charge in [-0.3, -0.25) is 9.59 Å². The molecule has 0 saturated heterocycles. The molecule has 0 saturated carbocycles. The van der Waals surface area contributed by atoms with Crippen LogP contribution in [0.5, 0.6) is 5.75 Å². The van der Waals surface area contributed by atoms with Crippen LogP contribution in [-0.4, -0.2) is 18.9 Å². The number of hydrogen-bond acceptors (Lipinski definition) is 3. The summed E-state index contributed by atoms with van der Waals surface area (Å²) in [6, 6.07) is 23.9. The van der Waals surface area contributed by atoms with Gasteiger partial charge in [-0.25, -0.2) is 0 Å². The second-order valence-electron chi connectivity index (χ2n) is 6.72. The molecule has 0 heterocycles. The second-order valence-corrected chi connectivity index (χ2v) is 6.72. The molecule has 30 heavy (non-hydrogen) atoms. The fourth-order valence-corrected chi connectivity index (χ4v) is 3.03. The third kappa shape index (κ3) is 5.35. The van der Waals surface area contributed by atoms with Gasteiger partial charge in [0.05, 0.1) is 24.4 Å². The summed E-state index contributed by atoms with van der Waals surface area (Å²) in [6.07, 6.45) is 3.09. The van der Waals surface area contributed by atoms with Crippen LogP contribution in [0.25, 0.3) is 6.08 Å². The zero-order chi connectivity index (χ0) is 21.3. The van der Waals surface area contributed by atoms with Crippen molar-refractivity contribution < 1.29 is 14.3 Å². The zero-order valence-electron chi connectivity index (χ0n) is 17.0. The van der Waals surface area contributed by atoms with Gasteiger partial charge in [0.15, 0.2) is 0 Å². The van der Waals surface area contributed by atoms with Crippen LogP contribution in [0.3, 0.4) is 0 Å². The van der Waals surface area contributed by atoms with E-state index in [0.29, 0.717) is 17.0 Å². The Hall–Kier alpha value is -3.86. The maximum Gasteiger partial charge on any atom is 0.253 e. The Balaban J connectivity index is 1.71. The van der Waals surface area contributed by atoms with E-state index in [-0.39, 0.29) is 17.9 Å². The zero-order valence-corrected chi connectivity index (χ0v) is 17.0. The van der Waals surface area contributed by atoms with Crippen LogP contribution < -0.4 is 15.4 Å². The van der Waals surface area contributed by atoms with E-state index >= 15 is 0 Å². The minimum atomic E-state index is -0.336. The molecule has 1 atom stereocenters. The molecule has 0 aromatic heterocycles. The normalized spacial score (nSPS) is 11.7. The molecule has 3 aromatic carbocycles. The number of amides is 2. The SMILES string of the molecule is COc1ccccc1/C=C/C(=O)Nc1ccccc1C(=O)NC(C)c1ccccc1. The molecule has 0 radical (unpaired) electrons. The summed E-state index contributed by atoms with van der Waals surface area (Å²) in [5, 5.41) is 5.76. The molecule has 0 aliphatic rings. The highest BCUT2D eigenvalue weighted by atomic mass is 16.5. The number of methoxy groups -OCH3 is 1. The number of ether oxygens (including phenoxy) is 1. The van der Waals surface area contributed by atoms with Gasteiger partial charge in [0, 0.05) is 11.6 Å². The molecule has 2 N–H and O–H groups in total. The smallest absolute Gasteiger partial charge is 0.253 e. The molecular formula is C25H24N2O3. The van der Waals surface area contributed by atoms with Crippen molar-refractivity contribution in [1.82, 2.24) is 5.32 Å². The summed E-state index contributed by atoms with van der Waals surface area (Å²) in [5.41, 5.74) is 2.65. The van der Waals surface area contributed by atoms with Crippen molar-refractivity contribution in [3.63, 3.8) is 0 Å². The third-order valence-electron chi connectivity index (χ3n) is 4.63. The number of nitrogens with one attached hydrogen (secondary N) is 2. The van der Waals surface area contributed by atoms with E-state index in [2.05, 4.69) is 10.6 Å². The number of carbonyl (C=O) groups is 2. The molecule has 0 bridgehead atoms. The molecule has 3 rings (SSSR count). The maximum atomic E-state index is 12.8. The Morgan fingerprint density at radius 2 is 1.57 bits per heavy atom. The van der Waals surface area contributed by atoms with E-state index in [1.165, 1.54) is 6.08 Å². The van der Waals surface area contributed by atoms with E-state index in [9.17, 15) is 9.59 Å². The molecule has 0 spiro atoms. The van der Waals surface area contributed by atoms with Gasteiger partial charge in [0.1, 0.15) is 5.75 Å². The van der Waals surface area contributed by atoms with Crippen molar-refractivity contribution in [2.45, 2.75) is 13.0 Å². The van der Waals surface area contributed by atoms with Crippen molar-refractivity contribution in [3.8, 4) is 5.75 Å². The van der Waals surface area contributed by atoms with Crippen molar-refractivity contribution >= 4 is 23.6 Å². The molecular weight excluding hydrogens is 376 g/mol. The van der Waals surface area contributed by atoms with E-state index in [4.69, 9.17) is 4.74 Å². The van der Waals surface area contributed by atoms with Gasteiger partial charge in [-0.15, -0.1) is 0 Å². The van der Waals surface area contributed by atoms with Gasteiger partial charge >= 0.3 is 0 Å². The van der Waals surface area contributed by atoms with E-state index in [1.54, 1.807) is 37.5 Å². The fourth-order valence-electron chi connectivity index (χ4n) is 3.03. The summed E-state index contributed by atoms with van der Waals surface area (Å²) >= 11 is 0. The molecule has 0 aliphatic carbocycles. The minimum Gasteiger partial charge on any atom is -0.496 e. The Bertz CT molecular complexity index is 1050. The van der Waals surface area contributed by atoms with Crippen LogP contribution in [0.15, 0.2) is 84.9 Å². The molecule has 5 heteroatoms. The molecule has 0 aliphatic heterocycles. The summed E-state index contributed by atoms with van der Waals surface area (Å²) in [7, 11) is 1.58. The van der Waals surface area contributed by atoms with Gasteiger partial charge in [-0.1, -0.05) is 60.7 Å². The number of anilines is 1. The summed E-state index contributed by atoms with van der Waals surface area (Å²) in [6.45, 7) is 1.92. The average Bonchev–Trinajstić information content (AvgIpc) is 2.78. The van der Waals surface area contributed by atoms with Crippen molar-refractivity contribution in [2.75, 3.05) is 12.4 Å². The number of hydrogen-bond donors (Lipinski definition) is 2. The highest BCUT2D eigenvalue weighted by molar-refractivity contribution is 6.07. The van der Waals surface area contributed by atoms with Crippen LogP contribution in [0.2, 0.25) is 0 Å². The van der Waals surface area contributed by atoms with E-state index in [1.807, 2.05) is 61.5 Å². The standard InChI is InChI=1S/C25H24N2O3/c1-18(19-10-4-3-5-11-19)26-25(29)21-13-7-8-14-22(21)27-24(28)17-16-20-12-6-9-15-23(20)30-2/h3-18H,1-2H3,(H,26,29)(H,27,28)/b17-16+. The molecule has 0 fully saturated rings. The van der Waals surface area contributed by atoms with Gasteiger partial charge in [0.25, 0.3) is 5.91 Å². The fraction of sp³-hybridized carbons (Fsp3) is 0.120. The summed E-state index contributed by atoms with van der Waals surface area (Å²) in [5.74, 6) is 0.0875. The number of rotatable bonds is 7.